The summed E-state index contributed by atoms with van der Waals surface area (Å²) in [7, 11) is 0. The van der Waals surface area contributed by atoms with E-state index in [0.29, 0.717) is 39.6 Å². The summed E-state index contributed by atoms with van der Waals surface area (Å²) >= 11 is 1.57. The standard InChI is InChI=1S/C38H60N6O9S/c1-26-32(54-25-41-26)28-10-8-27(9-11-28)23-40-34(47)30-22-29(45)24-44(30)35(48)33(37(2,3)4)42-31(46)12-14-43(36(49)53-38(5,6)7)15-17-51-19-21-52-20-18-50-16-13-39/h8-11,25,29-30,33,45H,12-24,39H2,1-7H3,(H,40,47)(H,42,46)/t29-,30+,33-/m1/s1. The van der Waals surface area contributed by atoms with E-state index in [2.05, 4.69) is 15.6 Å². The van der Waals surface area contributed by atoms with Crippen molar-refractivity contribution in [3.8, 4) is 10.4 Å². The van der Waals surface area contributed by atoms with Gasteiger partial charge in [0.25, 0.3) is 0 Å². The number of carbonyl (C=O) groups excluding carboxylic acids is 4. The third-order valence-electron chi connectivity index (χ3n) is 8.48. The maximum absolute atomic E-state index is 14.1. The van der Waals surface area contributed by atoms with Gasteiger partial charge < -0.3 is 50.2 Å². The molecule has 1 aromatic heterocycles. The highest BCUT2D eigenvalue weighted by Gasteiger charge is 2.44. The summed E-state index contributed by atoms with van der Waals surface area (Å²) in [6.45, 7) is 15.7. The van der Waals surface area contributed by atoms with E-state index in [9.17, 15) is 24.3 Å². The molecule has 1 aliphatic heterocycles. The molecule has 5 N–H and O–H groups in total. The van der Waals surface area contributed by atoms with Gasteiger partial charge in [-0.3, -0.25) is 14.4 Å². The molecule has 302 valence electrons. The van der Waals surface area contributed by atoms with Crippen molar-refractivity contribution >= 4 is 35.2 Å². The molecule has 3 rings (SSSR count). The summed E-state index contributed by atoms with van der Waals surface area (Å²) in [5, 5.41) is 16.3. The summed E-state index contributed by atoms with van der Waals surface area (Å²) in [6.07, 6.45) is -1.52. The van der Waals surface area contributed by atoms with Crippen LogP contribution in [0.3, 0.4) is 0 Å². The van der Waals surface area contributed by atoms with Crippen LogP contribution in [0.1, 0.15) is 65.6 Å². The Morgan fingerprint density at radius 3 is 2.19 bits per heavy atom. The minimum atomic E-state index is -1.01. The second-order valence-electron chi connectivity index (χ2n) is 15.3. The zero-order valence-corrected chi connectivity index (χ0v) is 33.7. The molecule has 0 unspecified atom stereocenters. The Morgan fingerprint density at radius 2 is 1.61 bits per heavy atom. The van der Waals surface area contributed by atoms with Gasteiger partial charge in [-0.2, -0.15) is 0 Å². The number of likely N-dealkylation sites (tertiary alicyclic amines) is 1. The number of thiazole rings is 1. The maximum atomic E-state index is 14.1. The Morgan fingerprint density at radius 1 is 0.981 bits per heavy atom. The number of aliphatic hydroxyl groups is 1. The fourth-order valence-electron chi connectivity index (χ4n) is 5.67. The van der Waals surface area contributed by atoms with Crippen molar-refractivity contribution in [1.82, 2.24) is 25.4 Å². The number of rotatable bonds is 20. The van der Waals surface area contributed by atoms with E-state index in [1.165, 1.54) is 9.80 Å². The van der Waals surface area contributed by atoms with Crippen LogP contribution in [0.5, 0.6) is 0 Å². The second kappa shape index (κ2) is 21.4. The van der Waals surface area contributed by atoms with Gasteiger partial charge in [-0.05, 0) is 44.2 Å². The molecule has 0 radical (unpaired) electrons. The van der Waals surface area contributed by atoms with Gasteiger partial charge in [0.15, 0.2) is 0 Å². The molecule has 1 aromatic carbocycles. The van der Waals surface area contributed by atoms with Crippen LogP contribution in [0.15, 0.2) is 29.8 Å². The van der Waals surface area contributed by atoms with Crippen LogP contribution in [0, 0.1) is 12.3 Å². The molecule has 15 nitrogen and oxygen atoms in total. The van der Waals surface area contributed by atoms with E-state index in [1.54, 1.807) is 37.6 Å². The minimum Gasteiger partial charge on any atom is -0.444 e. The predicted molar refractivity (Wildman–Crippen MR) is 206 cm³/mol. The van der Waals surface area contributed by atoms with E-state index < -0.39 is 47.1 Å². The SMILES string of the molecule is Cc1ncsc1-c1ccc(CNC(=O)[C@@H]2C[C@@H](O)CN2C(=O)[C@@H](NC(=O)CCN(CCOCCOCCOCCN)C(=O)OC(C)(C)C)C(C)(C)C)cc1. The quantitative estimate of drug-likeness (QED) is 0.145. The molecular weight excluding hydrogens is 717 g/mol. The van der Waals surface area contributed by atoms with Crippen LogP contribution in [0.4, 0.5) is 4.79 Å². The molecule has 0 spiro atoms. The molecule has 2 heterocycles. The lowest BCUT2D eigenvalue weighted by Gasteiger charge is -2.35. The number of nitrogens with two attached hydrogens (primary N) is 1. The third-order valence-corrected chi connectivity index (χ3v) is 9.46. The Labute approximate surface area is 323 Å². The Balaban J connectivity index is 1.57. The van der Waals surface area contributed by atoms with Crippen LogP contribution in [-0.2, 0) is 39.9 Å². The molecule has 0 saturated carbocycles. The number of amides is 4. The molecule has 16 heteroatoms. The normalized spacial score (nSPS) is 16.6. The van der Waals surface area contributed by atoms with Crippen molar-refractivity contribution in [2.45, 2.75) is 91.6 Å². The highest BCUT2D eigenvalue weighted by Crippen LogP contribution is 2.28. The molecule has 1 fully saturated rings. The highest BCUT2D eigenvalue weighted by molar-refractivity contribution is 7.13. The van der Waals surface area contributed by atoms with Gasteiger partial charge in [-0.15, -0.1) is 11.3 Å². The van der Waals surface area contributed by atoms with Gasteiger partial charge in [0.1, 0.15) is 17.7 Å². The fourth-order valence-corrected chi connectivity index (χ4v) is 6.48. The van der Waals surface area contributed by atoms with E-state index in [0.717, 1.165) is 21.7 Å². The predicted octanol–water partition coefficient (Wildman–Crippen LogP) is 2.86. The van der Waals surface area contributed by atoms with E-state index in [1.807, 2.05) is 52.0 Å². The van der Waals surface area contributed by atoms with Crippen LogP contribution >= 0.6 is 11.3 Å². The first-order valence-electron chi connectivity index (χ1n) is 18.5. The zero-order chi connectivity index (χ0) is 39.9. The lowest BCUT2D eigenvalue weighted by atomic mass is 9.85. The van der Waals surface area contributed by atoms with E-state index in [-0.39, 0.29) is 51.5 Å². The molecule has 0 aliphatic carbocycles. The molecular formula is C38H60N6O9S. The van der Waals surface area contributed by atoms with Gasteiger partial charge in [-0.1, -0.05) is 45.0 Å². The highest BCUT2D eigenvalue weighted by atomic mass is 32.1. The molecule has 1 aliphatic rings. The first kappa shape index (κ1) is 44.7. The van der Waals surface area contributed by atoms with Crippen LogP contribution in [0.25, 0.3) is 10.4 Å². The van der Waals surface area contributed by atoms with Crippen LogP contribution in [0.2, 0.25) is 0 Å². The number of nitrogens with one attached hydrogen (secondary N) is 2. The number of ether oxygens (including phenoxy) is 4. The fraction of sp³-hybridized carbons (Fsp3) is 0.658. The Kier molecular flexibility index (Phi) is 17.7. The van der Waals surface area contributed by atoms with Crippen molar-refractivity contribution in [2.75, 3.05) is 65.8 Å². The zero-order valence-electron chi connectivity index (χ0n) is 32.9. The number of nitrogens with zero attached hydrogens (tertiary/aromatic N) is 3. The maximum Gasteiger partial charge on any atom is 0.410 e. The van der Waals surface area contributed by atoms with Gasteiger partial charge in [0.05, 0.1) is 61.8 Å². The summed E-state index contributed by atoms with van der Waals surface area (Å²) in [6, 6.07) is 5.91. The average molecular weight is 777 g/mol. The molecule has 54 heavy (non-hydrogen) atoms. The number of aliphatic hydroxyl groups excluding tert-OH is 1. The van der Waals surface area contributed by atoms with Crippen molar-refractivity contribution in [3.05, 3.63) is 41.0 Å². The molecule has 4 amide bonds. The van der Waals surface area contributed by atoms with E-state index >= 15 is 0 Å². The summed E-state index contributed by atoms with van der Waals surface area (Å²) in [4.78, 5) is 62.0. The lowest BCUT2D eigenvalue weighted by Crippen LogP contribution is -2.58. The van der Waals surface area contributed by atoms with Crippen molar-refractivity contribution in [2.24, 2.45) is 11.1 Å². The van der Waals surface area contributed by atoms with Crippen molar-refractivity contribution in [3.63, 3.8) is 0 Å². The molecule has 0 bridgehead atoms. The number of benzene rings is 1. The smallest absolute Gasteiger partial charge is 0.410 e. The monoisotopic (exact) mass is 776 g/mol. The first-order chi connectivity index (χ1) is 25.5. The number of aryl methyl sites for hydroxylation is 1. The molecule has 2 aromatic rings. The largest absolute Gasteiger partial charge is 0.444 e. The van der Waals surface area contributed by atoms with Gasteiger partial charge >= 0.3 is 6.09 Å². The molecule has 3 atom stereocenters. The number of β-amino-alcohol motifs (C(OH)–C–C–N with tert-alkyl or cyclic N) is 1. The lowest BCUT2D eigenvalue weighted by molar-refractivity contribution is -0.144. The van der Waals surface area contributed by atoms with Gasteiger partial charge in [0.2, 0.25) is 17.7 Å². The third kappa shape index (κ3) is 14.9. The first-order valence-corrected chi connectivity index (χ1v) is 19.3. The Bertz CT molecular complexity index is 1490. The number of carbonyl (C=O) groups is 4. The van der Waals surface area contributed by atoms with Gasteiger partial charge in [-0.25, -0.2) is 9.78 Å². The number of aromatic nitrogens is 1. The second-order valence-corrected chi connectivity index (χ2v) is 16.1. The van der Waals surface area contributed by atoms with Crippen LogP contribution < -0.4 is 16.4 Å². The number of hydrogen-bond donors (Lipinski definition) is 4. The summed E-state index contributed by atoms with van der Waals surface area (Å²) in [5.41, 5.74) is 8.58. The van der Waals surface area contributed by atoms with Crippen molar-refractivity contribution in [1.29, 1.82) is 0 Å². The summed E-state index contributed by atoms with van der Waals surface area (Å²) in [5.74, 6) is -1.32. The van der Waals surface area contributed by atoms with Crippen LogP contribution in [-0.4, -0.2) is 133 Å². The summed E-state index contributed by atoms with van der Waals surface area (Å²) < 4.78 is 21.9. The Hall–Kier alpha value is -3.67. The molecule has 1 saturated heterocycles. The van der Waals surface area contributed by atoms with Gasteiger partial charge in [0, 0.05) is 45.6 Å². The average Bonchev–Trinajstić information content (AvgIpc) is 3.72. The minimum absolute atomic E-state index is 0.0163. The number of hydrogen-bond acceptors (Lipinski definition) is 12. The van der Waals surface area contributed by atoms with E-state index in [4.69, 9.17) is 24.7 Å². The topological polar surface area (TPSA) is 195 Å². The van der Waals surface area contributed by atoms with Crippen molar-refractivity contribution < 1.29 is 43.2 Å².